The number of anilines is 1. The summed E-state index contributed by atoms with van der Waals surface area (Å²) in [5.41, 5.74) is 1.79. The van der Waals surface area contributed by atoms with Gasteiger partial charge < -0.3 is 5.11 Å². The van der Waals surface area contributed by atoms with Crippen LogP contribution >= 0.6 is 0 Å². The molecule has 0 heterocycles. The van der Waals surface area contributed by atoms with Gasteiger partial charge in [0, 0.05) is 5.69 Å². The summed E-state index contributed by atoms with van der Waals surface area (Å²) in [6.07, 6.45) is -0.641. The molecule has 0 saturated heterocycles. The number of aryl methyl sites for hydroxylation is 1. The highest BCUT2D eigenvalue weighted by Crippen LogP contribution is 2.21. The summed E-state index contributed by atoms with van der Waals surface area (Å²) < 4.78 is 27.2. The fourth-order valence-electron chi connectivity index (χ4n) is 1.93. The predicted octanol–water partition coefficient (Wildman–Crippen LogP) is 2.85. The van der Waals surface area contributed by atoms with Crippen LogP contribution in [0, 0.1) is 6.92 Å². The Morgan fingerprint density at radius 1 is 1.10 bits per heavy atom. The standard InChI is InChI=1S/C15H17NO3S/c1-11-6-3-4-9-15(11)20(18,19)16-14-8-5-7-13(10-14)12(2)17/h3-10,12,16-17H,1-2H3/t12-/m1/s1. The zero-order chi connectivity index (χ0) is 14.8. The van der Waals surface area contributed by atoms with E-state index in [-0.39, 0.29) is 4.90 Å². The highest BCUT2D eigenvalue weighted by molar-refractivity contribution is 7.92. The Labute approximate surface area is 119 Å². The summed E-state index contributed by atoms with van der Waals surface area (Å²) in [7, 11) is -3.62. The molecule has 2 aromatic rings. The third-order valence-electron chi connectivity index (χ3n) is 3.00. The van der Waals surface area contributed by atoms with Crippen LogP contribution in [-0.4, -0.2) is 13.5 Å². The smallest absolute Gasteiger partial charge is 0.262 e. The summed E-state index contributed by atoms with van der Waals surface area (Å²) in [4.78, 5) is 0.252. The zero-order valence-electron chi connectivity index (χ0n) is 11.4. The molecule has 0 saturated carbocycles. The highest BCUT2D eigenvalue weighted by Gasteiger charge is 2.16. The van der Waals surface area contributed by atoms with Gasteiger partial charge in [0.05, 0.1) is 11.0 Å². The Bertz CT molecular complexity index is 709. The van der Waals surface area contributed by atoms with Crippen LogP contribution in [0.1, 0.15) is 24.2 Å². The van der Waals surface area contributed by atoms with Crippen molar-refractivity contribution >= 4 is 15.7 Å². The number of sulfonamides is 1. The summed E-state index contributed by atoms with van der Waals surface area (Å²) in [6.45, 7) is 3.38. The molecule has 0 amide bonds. The Morgan fingerprint density at radius 3 is 2.45 bits per heavy atom. The van der Waals surface area contributed by atoms with E-state index < -0.39 is 16.1 Å². The molecule has 0 aliphatic rings. The van der Waals surface area contributed by atoms with E-state index in [0.717, 1.165) is 0 Å². The maximum Gasteiger partial charge on any atom is 0.262 e. The van der Waals surface area contributed by atoms with Crippen molar-refractivity contribution in [1.29, 1.82) is 0 Å². The molecule has 2 aromatic carbocycles. The molecule has 0 aromatic heterocycles. The van der Waals surface area contributed by atoms with Crippen molar-refractivity contribution in [2.75, 3.05) is 4.72 Å². The second-order valence-electron chi connectivity index (χ2n) is 4.67. The molecule has 0 bridgehead atoms. The molecule has 2 N–H and O–H groups in total. The lowest BCUT2D eigenvalue weighted by Gasteiger charge is -2.12. The number of rotatable bonds is 4. The van der Waals surface area contributed by atoms with E-state index >= 15 is 0 Å². The Kier molecular flexibility index (Phi) is 4.11. The van der Waals surface area contributed by atoms with Crippen LogP contribution < -0.4 is 4.72 Å². The molecular weight excluding hydrogens is 274 g/mol. The molecule has 106 valence electrons. The van der Waals surface area contributed by atoms with Gasteiger partial charge in [-0.25, -0.2) is 8.42 Å². The first-order valence-electron chi connectivity index (χ1n) is 6.26. The van der Waals surface area contributed by atoms with Crippen molar-refractivity contribution < 1.29 is 13.5 Å². The molecule has 1 atom stereocenters. The van der Waals surface area contributed by atoms with Gasteiger partial charge in [-0.2, -0.15) is 0 Å². The van der Waals surface area contributed by atoms with Gasteiger partial charge in [0.15, 0.2) is 0 Å². The number of benzene rings is 2. The molecule has 0 radical (unpaired) electrons. The lowest BCUT2D eigenvalue weighted by molar-refractivity contribution is 0.199. The second-order valence-corrected chi connectivity index (χ2v) is 6.32. The van der Waals surface area contributed by atoms with Crippen LogP contribution in [0.5, 0.6) is 0 Å². The third kappa shape index (κ3) is 3.18. The lowest BCUT2D eigenvalue weighted by Crippen LogP contribution is -2.14. The van der Waals surface area contributed by atoms with Crippen LogP contribution in [0.15, 0.2) is 53.4 Å². The first-order chi connectivity index (χ1) is 9.40. The number of aliphatic hydroxyl groups is 1. The first-order valence-corrected chi connectivity index (χ1v) is 7.75. The van der Waals surface area contributed by atoms with E-state index in [1.165, 1.54) is 0 Å². The monoisotopic (exact) mass is 291 g/mol. The molecule has 0 fully saturated rings. The molecule has 0 unspecified atom stereocenters. The summed E-state index contributed by atoms with van der Waals surface area (Å²) in [5.74, 6) is 0. The molecule has 5 heteroatoms. The fraction of sp³-hybridized carbons (Fsp3) is 0.200. The minimum absolute atomic E-state index is 0.252. The van der Waals surface area contributed by atoms with Crippen molar-refractivity contribution in [3.63, 3.8) is 0 Å². The Balaban J connectivity index is 2.34. The van der Waals surface area contributed by atoms with Gasteiger partial charge in [-0.05, 0) is 43.2 Å². The van der Waals surface area contributed by atoms with Gasteiger partial charge in [0.25, 0.3) is 10.0 Å². The van der Waals surface area contributed by atoms with Gasteiger partial charge in [-0.1, -0.05) is 30.3 Å². The maximum absolute atomic E-state index is 12.3. The van der Waals surface area contributed by atoms with Crippen LogP contribution in [-0.2, 0) is 10.0 Å². The summed E-state index contributed by atoms with van der Waals surface area (Å²) in [6, 6.07) is 13.5. The van der Waals surface area contributed by atoms with Crippen LogP contribution in [0.3, 0.4) is 0 Å². The van der Waals surface area contributed by atoms with Crippen LogP contribution in [0.4, 0.5) is 5.69 Å². The van der Waals surface area contributed by atoms with Gasteiger partial charge in [0.1, 0.15) is 0 Å². The van der Waals surface area contributed by atoms with Gasteiger partial charge in [-0.3, -0.25) is 4.72 Å². The first kappa shape index (κ1) is 14.6. The number of aliphatic hydroxyl groups excluding tert-OH is 1. The van der Waals surface area contributed by atoms with Crippen molar-refractivity contribution in [2.45, 2.75) is 24.8 Å². The molecule has 4 nitrogen and oxygen atoms in total. The zero-order valence-corrected chi connectivity index (χ0v) is 12.2. The normalized spacial score (nSPS) is 12.9. The third-order valence-corrected chi connectivity index (χ3v) is 4.55. The van der Waals surface area contributed by atoms with Crippen molar-refractivity contribution in [1.82, 2.24) is 0 Å². The predicted molar refractivity (Wildman–Crippen MR) is 79.1 cm³/mol. The maximum atomic E-state index is 12.3. The van der Waals surface area contributed by atoms with E-state index in [0.29, 0.717) is 16.8 Å². The van der Waals surface area contributed by atoms with E-state index in [1.54, 1.807) is 62.4 Å². The largest absolute Gasteiger partial charge is 0.389 e. The van der Waals surface area contributed by atoms with E-state index in [1.807, 2.05) is 0 Å². The molecule has 0 aliphatic heterocycles. The quantitative estimate of drug-likeness (QED) is 0.910. The average Bonchev–Trinajstić information content (AvgIpc) is 2.38. The highest BCUT2D eigenvalue weighted by atomic mass is 32.2. The van der Waals surface area contributed by atoms with E-state index in [4.69, 9.17) is 0 Å². The van der Waals surface area contributed by atoms with Gasteiger partial charge in [-0.15, -0.1) is 0 Å². The molecule has 0 spiro atoms. The van der Waals surface area contributed by atoms with Crippen molar-refractivity contribution in [2.24, 2.45) is 0 Å². The minimum atomic E-state index is -3.62. The SMILES string of the molecule is Cc1ccccc1S(=O)(=O)Nc1cccc([C@@H](C)O)c1. The number of hydrogen-bond acceptors (Lipinski definition) is 3. The molecular formula is C15H17NO3S. The van der Waals surface area contributed by atoms with Crippen LogP contribution in [0.2, 0.25) is 0 Å². The Hall–Kier alpha value is -1.85. The average molecular weight is 291 g/mol. The lowest BCUT2D eigenvalue weighted by atomic mass is 10.1. The Morgan fingerprint density at radius 2 is 1.80 bits per heavy atom. The van der Waals surface area contributed by atoms with Crippen molar-refractivity contribution in [3.05, 3.63) is 59.7 Å². The number of nitrogens with one attached hydrogen (secondary N) is 1. The topological polar surface area (TPSA) is 66.4 Å². The molecule has 2 rings (SSSR count). The van der Waals surface area contributed by atoms with Crippen LogP contribution in [0.25, 0.3) is 0 Å². The molecule has 20 heavy (non-hydrogen) atoms. The summed E-state index contributed by atoms with van der Waals surface area (Å²) >= 11 is 0. The summed E-state index contributed by atoms with van der Waals surface area (Å²) in [5, 5.41) is 9.53. The van der Waals surface area contributed by atoms with E-state index in [9.17, 15) is 13.5 Å². The fourth-order valence-corrected chi connectivity index (χ4v) is 3.23. The van der Waals surface area contributed by atoms with Gasteiger partial charge in [0.2, 0.25) is 0 Å². The second kappa shape index (κ2) is 5.64. The minimum Gasteiger partial charge on any atom is -0.389 e. The van der Waals surface area contributed by atoms with E-state index in [2.05, 4.69) is 4.72 Å². The van der Waals surface area contributed by atoms with Crippen molar-refractivity contribution in [3.8, 4) is 0 Å². The molecule has 0 aliphatic carbocycles. The number of hydrogen-bond donors (Lipinski definition) is 2. The van der Waals surface area contributed by atoms with Gasteiger partial charge >= 0.3 is 0 Å².